The van der Waals surface area contributed by atoms with Crippen molar-refractivity contribution < 1.29 is 4.92 Å². The molecular weight excluding hydrogens is 292 g/mol. The molecule has 0 spiro atoms. The quantitative estimate of drug-likeness (QED) is 0.403. The zero-order valence-corrected chi connectivity index (χ0v) is 11.2. The van der Waals surface area contributed by atoms with E-state index < -0.39 is 4.92 Å². The molecule has 1 N–H and O–H groups in total. The SMILES string of the molecule is Cc1cc(=O)[nH]c(Sc2cc([N+](=O)[O-])cc(Cl)n2)n1. The first kappa shape index (κ1) is 13.5. The molecule has 0 saturated carbocycles. The third kappa shape index (κ3) is 3.52. The molecule has 0 aliphatic heterocycles. The van der Waals surface area contributed by atoms with Crippen LogP contribution < -0.4 is 5.56 Å². The van der Waals surface area contributed by atoms with Gasteiger partial charge in [0.1, 0.15) is 10.2 Å². The predicted octanol–water partition coefficient (Wildman–Crippen LogP) is 2.19. The Kier molecular flexibility index (Phi) is 3.82. The second-order valence-corrected chi connectivity index (χ2v) is 4.93. The van der Waals surface area contributed by atoms with E-state index in [1.807, 2.05) is 0 Å². The molecule has 0 aliphatic rings. The van der Waals surface area contributed by atoms with Crippen LogP contribution in [0.25, 0.3) is 0 Å². The Morgan fingerprint density at radius 2 is 2.11 bits per heavy atom. The molecular formula is C10H7ClN4O3S. The lowest BCUT2D eigenvalue weighted by molar-refractivity contribution is -0.385. The summed E-state index contributed by atoms with van der Waals surface area (Å²) >= 11 is 6.70. The van der Waals surface area contributed by atoms with Gasteiger partial charge in [0.2, 0.25) is 0 Å². The van der Waals surface area contributed by atoms with Crippen LogP contribution in [-0.4, -0.2) is 19.9 Å². The number of nitro groups is 1. The van der Waals surface area contributed by atoms with Crippen LogP contribution in [0.15, 0.2) is 33.2 Å². The highest BCUT2D eigenvalue weighted by atomic mass is 35.5. The minimum absolute atomic E-state index is 0.00620. The summed E-state index contributed by atoms with van der Waals surface area (Å²) in [5.41, 5.74) is 0.0757. The highest BCUT2D eigenvalue weighted by molar-refractivity contribution is 7.99. The second kappa shape index (κ2) is 5.37. The Hall–Kier alpha value is -1.93. The third-order valence-corrected chi connectivity index (χ3v) is 3.01. The number of pyridine rings is 1. The van der Waals surface area contributed by atoms with Crippen molar-refractivity contribution in [3.63, 3.8) is 0 Å². The molecule has 0 amide bonds. The van der Waals surface area contributed by atoms with Crippen molar-refractivity contribution in [2.24, 2.45) is 0 Å². The Morgan fingerprint density at radius 3 is 2.74 bits per heavy atom. The lowest BCUT2D eigenvalue weighted by atomic mass is 10.4. The summed E-state index contributed by atoms with van der Waals surface area (Å²) < 4.78 is 0. The molecule has 2 aromatic heterocycles. The van der Waals surface area contributed by atoms with Gasteiger partial charge in [-0.2, -0.15) is 0 Å². The average molecular weight is 299 g/mol. The summed E-state index contributed by atoms with van der Waals surface area (Å²) in [6.45, 7) is 1.67. The zero-order chi connectivity index (χ0) is 14.0. The number of rotatable bonds is 3. The van der Waals surface area contributed by atoms with Gasteiger partial charge in [-0.15, -0.1) is 0 Å². The summed E-state index contributed by atoms with van der Waals surface area (Å²) in [6, 6.07) is 3.76. The minimum atomic E-state index is -0.565. The molecule has 0 atom stereocenters. The molecule has 98 valence electrons. The van der Waals surface area contributed by atoms with Crippen LogP contribution in [0.2, 0.25) is 5.15 Å². The van der Waals surface area contributed by atoms with Crippen molar-refractivity contribution in [3.05, 3.63) is 49.5 Å². The number of nitrogens with zero attached hydrogens (tertiary/aromatic N) is 3. The summed E-state index contributed by atoms with van der Waals surface area (Å²) in [5, 5.41) is 11.3. The van der Waals surface area contributed by atoms with Gasteiger partial charge < -0.3 is 4.98 Å². The summed E-state index contributed by atoms with van der Waals surface area (Å²) in [7, 11) is 0. The highest BCUT2D eigenvalue weighted by Crippen LogP contribution is 2.27. The molecule has 2 aromatic rings. The molecule has 0 fully saturated rings. The highest BCUT2D eigenvalue weighted by Gasteiger charge is 2.12. The smallest absolute Gasteiger partial charge is 0.275 e. The molecule has 9 heteroatoms. The molecule has 7 nitrogen and oxygen atoms in total. The molecule has 0 radical (unpaired) electrons. The van der Waals surface area contributed by atoms with E-state index in [0.29, 0.717) is 10.9 Å². The van der Waals surface area contributed by atoms with Crippen LogP contribution >= 0.6 is 23.4 Å². The van der Waals surface area contributed by atoms with E-state index in [9.17, 15) is 14.9 Å². The van der Waals surface area contributed by atoms with E-state index in [2.05, 4.69) is 15.0 Å². The van der Waals surface area contributed by atoms with Crippen molar-refractivity contribution in [2.45, 2.75) is 17.1 Å². The van der Waals surface area contributed by atoms with Crippen LogP contribution in [0.4, 0.5) is 5.69 Å². The molecule has 2 rings (SSSR count). The van der Waals surface area contributed by atoms with Crippen LogP contribution in [0, 0.1) is 17.0 Å². The lowest BCUT2D eigenvalue weighted by Crippen LogP contribution is -2.08. The fourth-order valence-corrected chi connectivity index (χ4v) is 2.43. The molecule has 19 heavy (non-hydrogen) atoms. The maximum absolute atomic E-state index is 11.3. The van der Waals surface area contributed by atoms with Crippen molar-refractivity contribution in [1.29, 1.82) is 0 Å². The number of nitrogens with one attached hydrogen (secondary N) is 1. The van der Waals surface area contributed by atoms with E-state index >= 15 is 0 Å². The number of hydrogen-bond acceptors (Lipinski definition) is 6. The van der Waals surface area contributed by atoms with Crippen LogP contribution in [0.3, 0.4) is 0 Å². The van der Waals surface area contributed by atoms with E-state index in [-0.39, 0.29) is 21.4 Å². The molecule has 2 heterocycles. The summed E-state index contributed by atoms with van der Waals surface area (Å²) in [5.74, 6) is 0. The van der Waals surface area contributed by atoms with Gasteiger partial charge in [-0.1, -0.05) is 11.6 Å². The summed E-state index contributed by atoms with van der Waals surface area (Å²) in [4.78, 5) is 31.9. The number of hydrogen-bond donors (Lipinski definition) is 1. The summed E-state index contributed by atoms with van der Waals surface area (Å²) in [6.07, 6.45) is 0. The maximum Gasteiger partial charge on any atom is 0.275 e. The van der Waals surface area contributed by atoms with Crippen molar-refractivity contribution in [3.8, 4) is 0 Å². The topological polar surface area (TPSA) is 102 Å². The van der Waals surface area contributed by atoms with Gasteiger partial charge in [-0.3, -0.25) is 14.9 Å². The first-order valence-corrected chi connectivity index (χ1v) is 6.21. The minimum Gasteiger partial charge on any atom is -0.301 e. The van der Waals surface area contributed by atoms with Gasteiger partial charge in [-0.05, 0) is 18.7 Å². The van der Waals surface area contributed by atoms with E-state index in [0.717, 1.165) is 17.8 Å². The standard InChI is InChI=1S/C10H7ClN4O3S/c1-5-2-8(16)14-10(12-5)19-9-4-6(15(17)18)3-7(11)13-9/h2-4H,1H3,(H,12,14,16). The zero-order valence-electron chi connectivity index (χ0n) is 9.58. The third-order valence-electron chi connectivity index (χ3n) is 2.02. The lowest BCUT2D eigenvalue weighted by Gasteiger charge is -2.01. The van der Waals surface area contributed by atoms with Crippen LogP contribution in [0.5, 0.6) is 0 Å². The largest absolute Gasteiger partial charge is 0.301 e. The molecule has 0 saturated heterocycles. The van der Waals surface area contributed by atoms with Gasteiger partial charge in [0.15, 0.2) is 5.16 Å². The predicted molar refractivity (Wildman–Crippen MR) is 69.6 cm³/mol. The first-order chi connectivity index (χ1) is 8.94. The van der Waals surface area contributed by atoms with E-state index in [4.69, 9.17) is 11.6 Å². The van der Waals surface area contributed by atoms with Crippen molar-refractivity contribution >= 4 is 29.1 Å². The Balaban J connectivity index is 2.37. The van der Waals surface area contributed by atoms with Gasteiger partial charge in [0, 0.05) is 17.8 Å². The molecule has 0 aliphatic carbocycles. The van der Waals surface area contributed by atoms with E-state index in [1.165, 1.54) is 12.1 Å². The Labute approximate surface area is 116 Å². The average Bonchev–Trinajstić information content (AvgIpc) is 2.26. The fraction of sp³-hybridized carbons (Fsp3) is 0.100. The van der Waals surface area contributed by atoms with Crippen molar-refractivity contribution in [2.75, 3.05) is 0 Å². The number of aromatic amines is 1. The number of H-pyrrole nitrogens is 1. The Morgan fingerprint density at radius 1 is 1.37 bits per heavy atom. The number of halogens is 1. The van der Waals surface area contributed by atoms with Crippen LogP contribution in [-0.2, 0) is 0 Å². The van der Waals surface area contributed by atoms with Gasteiger partial charge in [0.25, 0.3) is 11.2 Å². The van der Waals surface area contributed by atoms with Gasteiger partial charge in [0.05, 0.1) is 11.0 Å². The van der Waals surface area contributed by atoms with Crippen LogP contribution in [0.1, 0.15) is 5.69 Å². The Bertz CT molecular complexity index is 703. The van der Waals surface area contributed by atoms with Gasteiger partial charge in [-0.25, -0.2) is 9.97 Å². The first-order valence-electron chi connectivity index (χ1n) is 5.02. The molecule has 0 unspecified atom stereocenters. The maximum atomic E-state index is 11.3. The number of aromatic nitrogens is 3. The number of aryl methyl sites for hydroxylation is 1. The monoisotopic (exact) mass is 298 g/mol. The fourth-order valence-electron chi connectivity index (χ4n) is 1.32. The molecule has 0 bridgehead atoms. The van der Waals surface area contributed by atoms with E-state index in [1.54, 1.807) is 6.92 Å². The normalized spacial score (nSPS) is 10.4. The van der Waals surface area contributed by atoms with Gasteiger partial charge >= 0.3 is 0 Å². The second-order valence-electron chi connectivity index (χ2n) is 3.54. The van der Waals surface area contributed by atoms with Crippen molar-refractivity contribution in [1.82, 2.24) is 15.0 Å². The molecule has 0 aromatic carbocycles.